The van der Waals surface area contributed by atoms with E-state index in [4.69, 9.17) is 0 Å². The van der Waals surface area contributed by atoms with Crippen molar-refractivity contribution in [1.82, 2.24) is 0 Å². The molecular weight excluding hydrogens is 344 g/mol. The van der Waals surface area contributed by atoms with Gasteiger partial charge >= 0.3 is 0 Å². The molecule has 2 N–H and O–H groups in total. The van der Waals surface area contributed by atoms with E-state index in [1.54, 1.807) is 12.1 Å². The van der Waals surface area contributed by atoms with Crippen LogP contribution in [0.3, 0.4) is 0 Å². The summed E-state index contributed by atoms with van der Waals surface area (Å²) in [4.78, 5) is 0. The van der Waals surface area contributed by atoms with Gasteiger partial charge in [-0.3, -0.25) is 0 Å². The fourth-order valence-corrected chi connectivity index (χ4v) is 3.57. The van der Waals surface area contributed by atoms with Crippen molar-refractivity contribution < 1.29 is 10.2 Å². The molecule has 0 fully saturated rings. The van der Waals surface area contributed by atoms with Crippen LogP contribution < -0.4 is 0 Å². The van der Waals surface area contributed by atoms with Gasteiger partial charge < -0.3 is 10.2 Å². The first-order valence-electron chi connectivity index (χ1n) is 9.74. The maximum atomic E-state index is 9.60. The van der Waals surface area contributed by atoms with E-state index < -0.39 is 0 Å². The van der Waals surface area contributed by atoms with Crippen molar-refractivity contribution in [2.24, 2.45) is 0 Å². The summed E-state index contributed by atoms with van der Waals surface area (Å²) in [6.07, 6.45) is 3.82. The summed E-state index contributed by atoms with van der Waals surface area (Å²) < 4.78 is 0. The highest BCUT2D eigenvalue weighted by atomic mass is 16.3. The first-order chi connectivity index (χ1) is 13.7. The van der Waals surface area contributed by atoms with Gasteiger partial charge in [0.2, 0.25) is 0 Å². The molecule has 2 nitrogen and oxygen atoms in total. The van der Waals surface area contributed by atoms with Crippen molar-refractivity contribution in [3.05, 3.63) is 107 Å². The molecule has 0 bridgehead atoms. The molecule has 140 valence electrons. The van der Waals surface area contributed by atoms with Crippen LogP contribution >= 0.6 is 0 Å². The molecule has 0 atom stereocenters. The summed E-state index contributed by atoms with van der Waals surface area (Å²) in [6, 6.07) is 29.0. The van der Waals surface area contributed by atoms with Crippen molar-refractivity contribution >= 4 is 10.8 Å². The average Bonchev–Trinajstić information content (AvgIpc) is 2.74. The highest BCUT2D eigenvalue weighted by Crippen LogP contribution is 2.25. The van der Waals surface area contributed by atoms with Crippen LogP contribution in [0.25, 0.3) is 10.8 Å². The third-order valence-corrected chi connectivity index (χ3v) is 5.28. The Morgan fingerprint density at radius 3 is 1.57 bits per heavy atom. The molecule has 2 heteroatoms. The summed E-state index contributed by atoms with van der Waals surface area (Å²) in [7, 11) is 0. The van der Waals surface area contributed by atoms with Crippen LogP contribution in [0.2, 0.25) is 0 Å². The van der Waals surface area contributed by atoms with Crippen molar-refractivity contribution in [2.75, 3.05) is 0 Å². The molecular formula is C26H24O2. The van der Waals surface area contributed by atoms with Crippen LogP contribution in [0.1, 0.15) is 22.3 Å². The fourth-order valence-electron chi connectivity index (χ4n) is 3.57. The van der Waals surface area contributed by atoms with Gasteiger partial charge in [-0.2, -0.15) is 0 Å². The number of phenolic OH excluding ortho intramolecular Hbond substituents is 2. The second-order valence-corrected chi connectivity index (χ2v) is 7.32. The monoisotopic (exact) mass is 368 g/mol. The van der Waals surface area contributed by atoms with Gasteiger partial charge in [-0.1, -0.05) is 72.8 Å². The minimum absolute atomic E-state index is 0.0541. The molecule has 0 heterocycles. The van der Waals surface area contributed by atoms with Gasteiger partial charge in [-0.25, -0.2) is 0 Å². The highest BCUT2D eigenvalue weighted by molar-refractivity contribution is 5.82. The predicted octanol–water partition coefficient (Wildman–Crippen LogP) is 5.82. The Hall–Kier alpha value is -3.26. The van der Waals surface area contributed by atoms with E-state index in [1.165, 1.54) is 27.5 Å². The van der Waals surface area contributed by atoms with Gasteiger partial charge in [0.05, 0.1) is 0 Å². The molecule has 0 radical (unpaired) electrons. The van der Waals surface area contributed by atoms with Gasteiger partial charge in [0.25, 0.3) is 0 Å². The first kappa shape index (κ1) is 18.1. The van der Waals surface area contributed by atoms with E-state index in [9.17, 15) is 10.2 Å². The Balaban J connectivity index is 1.34. The number of fused-ring (bicyclic) bond motifs is 1. The second kappa shape index (κ2) is 8.18. The van der Waals surface area contributed by atoms with E-state index in [-0.39, 0.29) is 11.5 Å². The van der Waals surface area contributed by atoms with Crippen LogP contribution in [0.5, 0.6) is 11.5 Å². The van der Waals surface area contributed by atoms with Crippen LogP contribution in [0.4, 0.5) is 0 Å². The average molecular weight is 368 g/mol. The van der Waals surface area contributed by atoms with Crippen LogP contribution in [-0.2, 0) is 25.7 Å². The molecule has 0 saturated carbocycles. The minimum Gasteiger partial charge on any atom is -0.504 e. The molecule has 0 saturated heterocycles. The fraction of sp³-hybridized carbons (Fsp3) is 0.154. The SMILES string of the molecule is Oc1ccc(CCc2ccc(CCc3ccc4ccccc4c3)cc2)cc1O. The van der Waals surface area contributed by atoms with Gasteiger partial charge in [0.15, 0.2) is 11.5 Å². The van der Waals surface area contributed by atoms with Crippen LogP contribution in [-0.4, -0.2) is 10.2 Å². The zero-order chi connectivity index (χ0) is 19.3. The zero-order valence-corrected chi connectivity index (χ0v) is 15.8. The Bertz CT molecular complexity index is 1080. The first-order valence-corrected chi connectivity index (χ1v) is 9.74. The standard InChI is InChI=1S/C26H24O2/c27-25-16-14-22(18-26(25)28)12-10-20-7-5-19(6-8-20)9-11-21-13-15-23-3-1-2-4-24(23)17-21/h1-8,13-18,27-28H,9-12H2. The molecule has 0 aliphatic rings. The number of hydrogen-bond donors (Lipinski definition) is 2. The lowest BCUT2D eigenvalue weighted by Crippen LogP contribution is -1.94. The predicted molar refractivity (Wildman–Crippen MR) is 115 cm³/mol. The van der Waals surface area contributed by atoms with E-state index in [2.05, 4.69) is 66.7 Å². The third kappa shape index (κ3) is 4.34. The lowest BCUT2D eigenvalue weighted by atomic mass is 9.99. The third-order valence-electron chi connectivity index (χ3n) is 5.28. The molecule has 4 aromatic carbocycles. The van der Waals surface area contributed by atoms with Crippen molar-refractivity contribution in [3.8, 4) is 11.5 Å². The second-order valence-electron chi connectivity index (χ2n) is 7.32. The topological polar surface area (TPSA) is 40.5 Å². The lowest BCUT2D eigenvalue weighted by molar-refractivity contribution is 0.403. The quantitative estimate of drug-likeness (QED) is 0.421. The number of benzene rings is 4. The zero-order valence-electron chi connectivity index (χ0n) is 15.8. The van der Waals surface area contributed by atoms with Gasteiger partial charge in [0.1, 0.15) is 0 Å². The molecule has 28 heavy (non-hydrogen) atoms. The molecule has 0 spiro atoms. The van der Waals surface area contributed by atoms with E-state index in [0.717, 1.165) is 31.2 Å². The van der Waals surface area contributed by atoms with Crippen molar-refractivity contribution in [1.29, 1.82) is 0 Å². The summed E-state index contributed by atoms with van der Waals surface area (Å²) >= 11 is 0. The molecule has 0 unspecified atom stereocenters. The normalized spacial score (nSPS) is 11.0. The molecule has 4 rings (SSSR count). The Morgan fingerprint density at radius 1 is 0.429 bits per heavy atom. The van der Waals surface area contributed by atoms with E-state index in [0.29, 0.717) is 0 Å². The summed E-state index contributed by atoms with van der Waals surface area (Å²) in [5.41, 5.74) is 5.02. The number of rotatable bonds is 6. The molecule has 0 aliphatic heterocycles. The Labute approximate surface area is 165 Å². The maximum absolute atomic E-state index is 9.60. The van der Waals surface area contributed by atoms with E-state index in [1.807, 2.05) is 6.07 Å². The minimum atomic E-state index is -0.0699. The highest BCUT2D eigenvalue weighted by Gasteiger charge is 2.03. The molecule has 0 aliphatic carbocycles. The van der Waals surface area contributed by atoms with Gasteiger partial charge in [-0.05, 0) is 70.8 Å². The number of hydrogen-bond acceptors (Lipinski definition) is 2. The van der Waals surface area contributed by atoms with Crippen molar-refractivity contribution in [2.45, 2.75) is 25.7 Å². The lowest BCUT2D eigenvalue weighted by Gasteiger charge is -2.07. The number of aryl methyl sites for hydroxylation is 4. The van der Waals surface area contributed by atoms with Crippen molar-refractivity contribution in [3.63, 3.8) is 0 Å². The van der Waals surface area contributed by atoms with Gasteiger partial charge in [-0.15, -0.1) is 0 Å². The van der Waals surface area contributed by atoms with Gasteiger partial charge in [0, 0.05) is 0 Å². The molecule has 0 aromatic heterocycles. The summed E-state index contributed by atoms with van der Waals surface area (Å²) in [5.74, 6) is -0.124. The number of phenols is 2. The smallest absolute Gasteiger partial charge is 0.157 e. The van der Waals surface area contributed by atoms with E-state index >= 15 is 0 Å². The summed E-state index contributed by atoms with van der Waals surface area (Å²) in [6.45, 7) is 0. The summed E-state index contributed by atoms with van der Waals surface area (Å²) in [5, 5.41) is 21.6. The number of aromatic hydroxyl groups is 2. The molecule has 4 aromatic rings. The Kier molecular flexibility index (Phi) is 5.29. The largest absolute Gasteiger partial charge is 0.504 e. The maximum Gasteiger partial charge on any atom is 0.157 e. The molecule has 0 amide bonds. The van der Waals surface area contributed by atoms with Crippen LogP contribution in [0, 0.1) is 0 Å². The van der Waals surface area contributed by atoms with Crippen LogP contribution in [0.15, 0.2) is 84.9 Å². The Morgan fingerprint density at radius 2 is 0.929 bits per heavy atom.